The monoisotopic (exact) mass is 415 g/mol. The summed E-state index contributed by atoms with van der Waals surface area (Å²) < 4.78 is 14.4. The Kier molecular flexibility index (Phi) is 5.57. The molecule has 31 heavy (non-hydrogen) atoms. The van der Waals surface area contributed by atoms with E-state index in [1.165, 1.54) is 29.0 Å². The summed E-state index contributed by atoms with van der Waals surface area (Å²) >= 11 is 0. The van der Waals surface area contributed by atoms with E-state index in [4.69, 9.17) is 0 Å². The molecule has 7 heteroatoms. The van der Waals surface area contributed by atoms with E-state index >= 15 is 0 Å². The topological polar surface area (TPSA) is 80.2 Å². The lowest BCUT2D eigenvalue weighted by molar-refractivity contribution is 0.0846. The number of pyridine rings is 1. The van der Waals surface area contributed by atoms with Gasteiger partial charge < -0.3 is 4.57 Å². The maximum absolute atomic E-state index is 13.1. The van der Waals surface area contributed by atoms with Crippen LogP contribution in [0, 0.1) is 5.82 Å². The number of fused-ring (bicyclic) bond motifs is 1. The molecule has 0 aliphatic rings. The number of halogens is 1. The van der Waals surface area contributed by atoms with Crippen molar-refractivity contribution < 1.29 is 14.0 Å². The van der Waals surface area contributed by atoms with E-state index in [1.807, 2.05) is 30.3 Å². The Labute approximate surface area is 176 Å². The van der Waals surface area contributed by atoms with Crippen LogP contribution in [0.1, 0.15) is 26.3 Å². The second kappa shape index (κ2) is 8.62. The molecule has 6 nitrogen and oxygen atoms in total. The van der Waals surface area contributed by atoms with E-state index in [9.17, 15) is 18.8 Å². The number of carbonyl (C=O) groups excluding carboxylic acids is 2. The SMILES string of the molecule is O=C(NNC(=O)c1cccc2ccccc12)c1cccn(Cc2ccc(F)cc2)c1=O. The highest BCUT2D eigenvalue weighted by Crippen LogP contribution is 2.18. The standard InChI is InChI=1S/C24H18FN3O3/c25-18-12-10-16(11-13-18)15-28-14-4-9-21(24(28)31)23(30)27-26-22(29)20-8-3-6-17-5-1-2-7-19(17)20/h1-14H,15H2,(H,26,29)(H,27,30). The lowest BCUT2D eigenvalue weighted by Gasteiger charge is -2.11. The van der Waals surface area contributed by atoms with Crippen LogP contribution in [0.2, 0.25) is 0 Å². The first kappa shape index (κ1) is 20.0. The summed E-state index contributed by atoms with van der Waals surface area (Å²) in [5.41, 5.74) is 5.13. The number of nitrogens with zero attached hydrogens (tertiary/aromatic N) is 1. The molecule has 1 aromatic heterocycles. The number of nitrogens with one attached hydrogen (secondary N) is 2. The molecular weight excluding hydrogens is 397 g/mol. The molecule has 0 atom stereocenters. The molecule has 2 N–H and O–H groups in total. The fourth-order valence-electron chi connectivity index (χ4n) is 3.29. The van der Waals surface area contributed by atoms with Gasteiger partial charge in [-0.1, -0.05) is 48.5 Å². The molecule has 0 aliphatic carbocycles. The van der Waals surface area contributed by atoms with Gasteiger partial charge in [0, 0.05) is 11.8 Å². The van der Waals surface area contributed by atoms with Crippen molar-refractivity contribution >= 4 is 22.6 Å². The first-order chi connectivity index (χ1) is 15.0. The van der Waals surface area contributed by atoms with Crippen LogP contribution < -0.4 is 16.4 Å². The number of rotatable bonds is 4. The zero-order valence-electron chi connectivity index (χ0n) is 16.3. The van der Waals surface area contributed by atoms with Gasteiger partial charge >= 0.3 is 0 Å². The van der Waals surface area contributed by atoms with E-state index in [1.54, 1.807) is 30.3 Å². The average Bonchev–Trinajstić information content (AvgIpc) is 2.79. The Bertz CT molecular complexity index is 1320. The van der Waals surface area contributed by atoms with Crippen LogP contribution in [0.15, 0.2) is 89.9 Å². The molecule has 3 aromatic carbocycles. The summed E-state index contributed by atoms with van der Waals surface area (Å²) in [5.74, 6) is -1.59. The zero-order valence-corrected chi connectivity index (χ0v) is 16.3. The Morgan fingerprint density at radius 3 is 2.19 bits per heavy atom. The number of amides is 2. The number of carbonyl (C=O) groups is 2. The Morgan fingerprint density at radius 1 is 0.774 bits per heavy atom. The molecule has 0 aliphatic heterocycles. The molecular formula is C24H18FN3O3. The fourth-order valence-corrected chi connectivity index (χ4v) is 3.29. The molecule has 154 valence electrons. The van der Waals surface area contributed by atoms with Gasteiger partial charge in [-0.3, -0.25) is 25.2 Å². The molecule has 0 spiro atoms. The van der Waals surface area contributed by atoms with Crippen molar-refractivity contribution in [2.24, 2.45) is 0 Å². The van der Waals surface area contributed by atoms with Gasteiger partial charge in [-0.25, -0.2) is 4.39 Å². The third kappa shape index (κ3) is 4.35. The highest BCUT2D eigenvalue weighted by Gasteiger charge is 2.15. The predicted molar refractivity (Wildman–Crippen MR) is 115 cm³/mol. The minimum Gasteiger partial charge on any atom is -0.310 e. The Morgan fingerprint density at radius 2 is 1.42 bits per heavy atom. The molecule has 0 fully saturated rings. The Hall–Kier alpha value is -4.26. The minimum absolute atomic E-state index is 0.122. The van der Waals surface area contributed by atoms with E-state index in [2.05, 4.69) is 10.9 Å². The van der Waals surface area contributed by atoms with Crippen LogP contribution >= 0.6 is 0 Å². The second-order valence-corrected chi connectivity index (χ2v) is 6.92. The summed E-state index contributed by atoms with van der Waals surface area (Å²) in [5, 5.41) is 1.64. The largest absolute Gasteiger partial charge is 0.310 e. The van der Waals surface area contributed by atoms with Gasteiger partial charge in [0.15, 0.2) is 0 Å². The number of aromatic nitrogens is 1. The molecule has 0 bridgehead atoms. The van der Waals surface area contributed by atoms with Gasteiger partial charge in [0.2, 0.25) is 0 Å². The second-order valence-electron chi connectivity index (χ2n) is 6.92. The maximum atomic E-state index is 13.1. The third-order valence-electron chi connectivity index (χ3n) is 4.85. The van der Waals surface area contributed by atoms with Gasteiger partial charge in [0.25, 0.3) is 17.4 Å². The first-order valence-corrected chi connectivity index (χ1v) is 9.55. The van der Waals surface area contributed by atoms with Gasteiger partial charge in [0.05, 0.1) is 6.54 Å². The van der Waals surface area contributed by atoms with Gasteiger partial charge in [-0.2, -0.15) is 0 Å². The molecule has 0 saturated carbocycles. The van der Waals surface area contributed by atoms with Crippen molar-refractivity contribution in [1.29, 1.82) is 0 Å². The fraction of sp³-hybridized carbons (Fsp3) is 0.0417. The van der Waals surface area contributed by atoms with Crippen molar-refractivity contribution in [2.75, 3.05) is 0 Å². The molecule has 0 unspecified atom stereocenters. The molecule has 0 saturated heterocycles. The lowest BCUT2D eigenvalue weighted by Crippen LogP contribution is -2.44. The van der Waals surface area contributed by atoms with Crippen molar-refractivity contribution in [3.63, 3.8) is 0 Å². The number of hydrazine groups is 1. The number of hydrogen-bond acceptors (Lipinski definition) is 3. The van der Waals surface area contributed by atoms with Crippen molar-refractivity contribution in [2.45, 2.75) is 6.54 Å². The van der Waals surface area contributed by atoms with Crippen molar-refractivity contribution in [1.82, 2.24) is 15.4 Å². The lowest BCUT2D eigenvalue weighted by atomic mass is 10.0. The quantitative estimate of drug-likeness (QED) is 0.502. The molecule has 0 radical (unpaired) electrons. The van der Waals surface area contributed by atoms with Crippen LogP contribution in [-0.4, -0.2) is 16.4 Å². The molecule has 4 rings (SSSR count). The van der Waals surface area contributed by atoms with E-state index in [0.29, 0.717) is 11.1 Å². The van der Waals surface area contributed by atoms with Crippen molar-refractivity contribution in [3.8, 4) is 0 Å². The summed E-state index contributed by atoms with van der Waals surface area (Å²) in [6.45, 7) is 0.183. The predicted octanol–water partition coefficient (Wildman–Crippen LogP) is 3.26. The molecule has 4 aromatic rings. The van der Waals surface area contributed by atoms with E-state index < -0.39 is 17.4 Å². The van der Waals surface area contributed by atoms with E-state index in [-0.39, 0.29) is 17.9 Å². The van der Waals surface area contributed by atoms with E-state index in [0.717, 1.165) is 10.8 Å². The van der Waals surface area contributed by atoms with Gasteiger partial charge in [-0.05, 0) is 46.7 Å². The van der Waals surface area contributed by atoms with Crippen LogP contribution in [0.3, 0.4) is 0 Å². The summed E-state index contributed by atoms with van der Waals surface area (Å²) in [7, 11) is 0. The highest BCUT2D eigenvalue weighted by atomic mass is 19.1. The Balaban J connectivity index is 1.49. The van der Waals surface area contributed by atoms with Crippen LogP contribution in [-0.2, 0) is 6.54 Å². The smallest absolute Gasteiger partial charge is 0.275 e. The van der Waals surface area contributed by atoms with Crippen LogP contribution in [0.5, 0.6) is 0 Å². The molecule has 1 heterocycles. The van der Waals surface area contributed by atoms with Gasteiger partial charge in [0.1, 0.15) is 11.4 Å². The van der Waals surface area contributed by atoms with Crippen molar-refractivity contribution in [3.05, 3.63) is 118 Å². The van der Waals surface area contributed by atoms with Gasteiger partial charge in [-0.15, -0.1) is 0 Å². The summed E-state index contributed by atoms with van der Waals surface area (Å²) in [6.07, 6.45) is 1.54. The first-order valence-electron chi connectivity index (χ1n) is 9.55. The van der Waals surface area contributed by atoms with Crippen LogP contribution in [0.25, 0.3) is 10.8 Å². The highest BCUT2D eigenvalue weighted by molar-refractivity contribution is 6.07. The van der Waals surface area contributed by atoms with Crippen LogP contribution in [0.4, 0.5) is 4.39 Å². The number of hydrogen-bond donors (Lipinski definition) is 2. The maximum Gasteiger partial charge on any atom is 0.275 e. The minimum atomic E-state index is -0.730. The summed E-state index contributed by atoms with van der Waals surface area (Å²) in [6, 6.07) is 21.4. The normalized spacial score (nSPS) is 10.6. The zero-order chi connectivity index (χ0) is 21.8. The molecule has 2 amide bonds. The third-order valence-corrected chi connectivity index (χ3v) is 4.85. The number of benzene rings is 3. The summed E-state index contributed by atoms with van der Waals surface area (Å²) in [4.78, 5) is 37.8. The average molecular weight is 415 g/mol.